The highest BCUT2D eigenvalue weighted by molar-refractivity contribution is 7.80. The van der Waals surface area contributed by atoms with Gasteiger partial charge in [-0.3, -0.25) is 0 Å². The molecule has 1 aliphatic rings. The minimum absolute atomic E-state index is 0.704. The number of unbranched alkanes of at least 4 members (excludes halogenated alkanes) is 14. The Bertz CT molecular complexity index is 390. The summed E-state index contributed by atoms with van der Waals surface area (Å²) in [4.78, 5) is 0. The molecule has 0 spiro atoms. The SMILES string of the molecule is CCCCCCCCCCCCC1CCO[Si](CCCS)(CCCCCCCC)ONC1. The summed E-state index contributed by atoms with van der Waals surface area (Å²) in [6.07, 6.45) is 25.8. The zero-order valence-corrected chi connectivity index (χ0v) is 23.7. The van der Waals surface area contributed by atoms with Crippen LogP contribution in [0.15, 0.2) is 0 Å². The Balaban J connectivity index is 2.18. The van der Waals surface area contributed by atoms with Gasteiger partial charge in [0.1, 0.15) is 0 Å². The molecule has 1 N–H and O–H groups in total. The van der Waals surface area contributed by atoms with Gasteiger partial charge in [-0.1, -0.05) is 117 Å². The number of hydrogen-bond donors (Lipinski definition) is 2. The smallest absolute Gasteiger partial charge is 0.358 e. The van der Waals surface area contributed by atoms with E-state index >= 15 is 0 Å². The van der Waals surface area contributed by atoms with E-state index in [1.54, 1.807) is 0 Å². The third-order valence-electron chi connectivity index (χ3n) is 7.11. The van der Waals surface area contributed by atoms with Crippen LogP contribution >= 0.6 is 12.6 Å². The lowest BCUT2D eigenvalue weighted by molar-refractivity contribution is 0.0631. The normalized spacial score (nSPS) is 22.0. The molecule has 2 atom stereocenters. The summed E-state index contributed by atoms with van der Waals surface area (Å²) in [6, 6.07) is 2.23. The van der Waals surface area contributed by atoms with Crippen molar-refractivity contribution in [1.82, 2.24) is 5.48 Å². The third kappa shape index (κ3) is 16.1. The van der Waals surface area contributed by atoms with Crippen molar-refractivity contribution in [3.05, 3.63) is 0 Å². The summed E-state index contributed by atoms with van der Waals surface area (Å²) in [6.45, 7) is 6.48. The zero-order valence-electron chi connectivity index (χ0n) is 21.8. The molecule has 1 heterocycles. The molecular weight excluding hydrogens is 430 g/mol. The van der Waals surface area contributed by atoms with Gasteiger partial charge in [0, 0.05) is 13.2 Å². The van der Waals surface area contributed by atoms with Crippen LogP contribution < -0.4 is 5.48 Å². The lowest BCUT2D eigenvalue weighted by Crippen LogP contribution is -2.49. The van der Waals surface area contributed by atoms with Gasteiger partial charge in [-0.2, -0.15) is 12.6 Å². The molecule has 0 aromatic rings. The fraction of sp³-hybridized carbons (Fsp3) is 1.00. The van der Waals surface area contributed by atoms with Crippen molar-refractivity contribution < 1.29 is 8.95 Å². The highest BCUT2D eigenvalue weighted by Gasteiger charge is 2.38. The van der Waals surface area contributed by atoms with Crippen LogP contribution in [0, 0.1) is 5.92 Å². The van der Waals surface area contributed by atoms with Crippen molar-refractivity contribution in [3.63, 3.8) is 0 Å². The third-order valence-corrected chi connectivity index (χ3v) is 10.9. The molecule has 0 saturated carbocycles. The molecule has 0 aromatic carbocycles. The monoisotopic (exact) mass is 487 g/mol. The molecule has 5 heteroatoms. The highest BCUT2D eigenvalue weighted by Crippen LogP contribution is 2.27. The van der Waals surface area contributed by atoms with Crippen molar-refractivity contribution >= 4 is 21.2 Å². The summed E-state index contributed by atoms with van der Waals surface area (Å²) in [7, 11) is -2.11. The van der Waals surface area contributed by atoms with Crippen LogP contribution in [-0.2, 0) is 8.95 Å². The van der Waals surface area contributed by atoms with Gasteiger partial charge >= 0.3 is 8.56 Å². The van der Waals surface area contributed by atoms with Gasteiger partial charge in [0.2, 0.25) is 0 Å². The number of hydroxylamine groups is 1. The van der Waals surface area contributed by atoms with Gasteiger partial charge in [-0.25, -0.2) is 5.48 Å². The Morgan fingerprint density at radius 1 is 0.719 bits per heavy atom. The van der Waals surface area contributed by atoms with Crippen LogP contribution in [0.1, 0.15) is 136 Å². The van der Waals surface area contributed by atoms with Crippen LogP contribution in [0.3, 0.4) is 0 Å². The summed E-state index contributed by atoms with van der Waals surface area (Å²) >= 11 is 4.45. The molecule has 3 nitrogen and oxygen atoms in total. The summed E-state index contributed by atoms with van der Waals surface area (Å²) in [5, 5.41) is 0. The van der Waals surface area contributed by atoms with E-state index in [-0.39, 0.29) is 0 Å². The molecule has 1 saturated heterocycles. The maximum absolute atomic E-state index is 6.55. The van der Waals surface area contributed by atoms with E-state index in [0.717, 1.165) is 37.4 Å². The van der Waals surface area contributed by atoms with E-state index in [2.05, 4.69) is 32.0 Å². The summed E-state index contributed by atoms with van der Waals surface area (Å²) in [5.41, 5.74) is 3.40. The lowest BCUT2D eigenvalue weighted by atomic mass is 9.97. The molecule has 0 aromatic heterocycles. The largest absolute Gasteiger partial charge is 0.393 e. The molecule has 192 valence electrons. The van der Waals surface area contributed by atoms with Crippen molar-refractivity contribution in [3.8, 4) is 0 Å². The van der Waals surface area contributed by atoms with Gasteiger partial charge in [0.25, 0.3) is 0 Å². The molecule has 1 rings (SSSR count). The summed E-state index contributed by atoms with van der Waals surface area (Å²) in [5.74, 6) is 1.63. The first-order valence-electron chi connectivity index (χ1n) is 14.4. The second kappa shape index (κ2) is 21.9. The van der Waals surface area contributed by atoms with Crippen LogP contribution in [0.5, 0.6) is 0 Å². The minimum Gasteiger partial charge on any atom is -0.393 e. The molecule has 0 amide bonds. The molecule has 1 aliphatic heterocycles. The van der Waals surface area contributed by atoms with Crippen LogP contribution in [-0.4, -0.2) is 27.5 Å². The predicted molar refractivity (Wildman–Crippen MR) is 147 cm³/mol. The second-order valence-electron chi connectivity index (χ2n) is 10.2. The Labute approximate surface area is 208 Å². The Hall–Kier alpha value is 0.447. The maximum atomic E-state index is 6.55. The van der Waals surface area contributed by atoms with Gasteiger partial charge in [0.05, 0.1) is 0 Å². The number of hydrogen-bond acceptors (Lipinski definition) is 4. The van der Waals surface area contributed by atoms with Crippen molar-refractivity contribution in [2.75, 3.05) is 18.9 Å². The standard InChI is InChI=1S/C27H57NO2SSi/c1-3-5-7-9-11-12-13-14-15-17-20-27-21-22-29-32(25-19-23-31,30-28-26-27)24-18-16-10-8-6-4-2/h27-28,31H,3-26H2,1-2H3. The number of thiol groups is 1. The van der Waals surface area contributed by atoms with E-state index in [9.17, 15) is 0 Å². The van der Waals surface area contributed by atoms with Crippen molar-refractivity contribution in [1.29, 1.82) is 0 Å². The first-order valence-corrected chi connectivity index (χ1v) is 17.3. The molecule has 2 unspecified atom stereocenters. The molecule has 0 bridgehead atoms. The molecule has 1 fully saturated rings. The topological polar surface area (TPSA) is 30.5 Å². The Morgan fingerprint density at radius 2 is 1.25 bits per heavy atom. The van der Waals surface area contributed by atoms with E-state index < -0.39 is 8.56 Å². The lowest BCUT2D eigenvalue weighted by Gasteiger charge is -2.34. The highest BCUT2D eigenvalue weighted by atomic mass is 32.1. The van der Waals surface area contributed by atoms with Gasteiger partial charge in [-0.05, 0) is 43.0 Å². The second-order valence-corrected chi connectivity index (χ2v) is 13.9. The van der Waals surface area contributed by atoms with Crippen LogP contribution in [0.2, 0.25) is 12.1 Å². The van der Waals surface area contributed by atoms with Crippen LogP contribution in [0.4, 0.5) is 0 Å². The van der Waals surface area contributed by atoms with E-state index in [4.69, 9.17) is 8.95 Å². The zero-order chi connectivity index (χ0) is 23.2. The molecular formula is C27H57NO2SSi. The number of nitrogens with one attached hydrogen (secondary N) is 1. The quantitative estimate of drug-likeness (QED) is 0.0961. The molecule has 32 heavy (non-hydrogen) atoms. The van der Waals surface area contributed by atoms with Crippen molar-refractivity contribution in [2.45, 2.75) is 148 Å². The first kappa shape index (κ1) is 30.5. The van der Waals surface area contributed by atoms with E-state index in [0.29, 0.717) is 5.92 Å². The Morgan fingerprint density at radius 3 is 1.84 bits per heavy atom. The predicted octanol–water partition coefficient (Wildman–Crippen LogP) is 8.98. The fourth-order valence-electron chi connectivity index (χ4n) is 4.90. The van der Waals surface area contributed by atoms with Crippen molar-refractivity contribution in [2.24, 2.45) is 5.92 Å². The maximum Gasteiger partial charge on any atom is 0.358 e. The van der Waals surface area contributed by atoms with Crippen LogP contribution in [0.25, 0.3) is 0 Å². The first-order chi connectivity index (χ1) is 15.8. The van der Waals surface area contributed by atoms with E-state index in [1.165, 1.54) is 116 Å². The van der Waals surface area contributed by atoms with Gasteiger partial charge in [-0.15, -0.1) is 0 Å². The average Bonchev–Trinajstić information content (AvgIpc) is 2.79. The molecule has 0 aliphatic carbocycles. The summed E-state index contributed by atoms with van der Waals surface area (Å²) < 4.78 is 12.9. The molecule has 0 radical (unpaired) electrons. The van der Waals surface area contributed by atoms with Gasteiger partial charge < -0.3 is 8.95 Å². The number of rotatable bonds is 21. The minimum atomic E-state index is -2.11. The fourth-order valence-corrected chi connectivity index (χ4v) is 8.49. The van der Waals surface area contributed by atoms with E-state index in [1.807, 2.05) is 0 Å². The van der Waals surface area contributed by atoms with Gasteiger partial charge in [0.15, 0.2) is 0 Å². The Kier molecular flexibility index (Phi) is 20.9. The average molecular weight is 488 g/mol.